The molecule has 0 fully saturated rings. The number of fused-ring (bicyclic) bond motifs is 1. The molecular formula is C18H24N6O2S. The van der Waals surface area contributed by atoms with Crippen molar-refractivity contribution in [1.29, 1.82) is 4.78 Å². The summed E-state index contributed by atoms with van der Waals surface area (Å²) in [5.41, 5.74) is 2.48. The second-order valence-electron chi connectivity index (χ2n) is 6.53. The molecule has 9 heteroatoms. The number of amides is 1. The lowest BCUT2D eigenvalue weighted by Gasteiger charge is -2.18. The Labute approximate surface area is 159 Å². The minimum Gasteiger partial charge on any atom is -0.370 e. The van der Waals surface area contributed by atoms with E-state index in [1.54, 1.807) is 11.1 Å². The molecule has 2 N–H and O–H groups in total. The molecule has 1 aliphatic heterocycles. The SMILES string of the molecule is CCCS(=N)(=O)c1nc(NCC)c2c(n1)N(Cc1ccc(C)nc1)C(=O)C2. The molecule has 0 radical (unpaired) electrons. The average molecular weight is 388 g/mol. The topological polar surface area (TPSA) is 112 Å². The molecule has 1 atom stereocenters. The van der Waals surface area contributed by atoms with Crippen LogP contribution < -0.4 is 10.2 Å². The summed E-state index contributed by atoms with van der Waals surface area (Å²) in [5.74, 6) is 1.03. The first-order valence-corrected chi connectivity index (χ1v) is 10.7. The van der Waals surface area contributed by atoms with Gasteiger partial charge in [-0.1, -0.05) is 13.0 Å². The number of nitrogens with zero attached hydrogens (tertiary/aromatic N) is 4. The summed E-state index contributed by atoms with van der Waals surface area (Å²) in [6.45, 7) is 6.62. The number of carbonyl (C=O) groups excluding carboxylic acids is 1. The number of rotatable bonds is 7. The van der Waals surface area contributed by atoms with Gasteiger partial charge in [-0.2, -0.15) is 0 Å². The number of anilines is 2. The number of nitrogens with one attached hydrogen (secondary N) is 2. The van der Waals surface area contributed by atoms with E-state index in [1.807, 2.05) is 32.9 Å². The minimum absolute atomic E-state index is 0.0132. The lowest BCUT2D eigenvalue weighted by atomic mass is 10.2. The number of aromatic nitrogens is 3. The van der Waals surface area contributed by atoms with Crippen LogP contribution in [0.4, 0.5) is 11.6 Å². The van der Waals surface area contributed by atoms with Crippen LogP contribution in [0.25, 0.3) is 0 Å². The second kappa shape index (κ2) is 7.59. The molecule has 3 heterocycles. The Kier molecular flexibility index (Phi) is 5.41. The number of hydrogen-bond acceptors (Lipinski definition) is 7. The van der Waals surface area contributed by atoms with Gasteiger partial charge in [-0.15, -0.1) is 0 Å². The fraction of sp³-hybridized carbons (Fsp3) is 0.444. The van der Waals surface area contributed by atoms with E-state index in [9.17, 15) is 9.00 Å². The molecule has 0 aliphatic carbocycles. The summed E-state index contributed by atoms with van der Waals surface area (Å²) in [7, 11) is -3.10. The minimum atomic E-state index is -3.10. The van der Waals surface area contributed by atoms with Crippen molar-refractivity contribution in [3.05, 3.63) is 35.2 Å². The molecule has 0 saturated carbocycles. The highest BCUT2D eigenvalue weighted by Gasteiger charge is 2.33. The van der Waals surface area contributed by atoms with Crippen molar-refractivity contribution < 1.29 is 9.00 Å². The van der Waals surface area contributed by atoms with Gasteiger partial charge in [-0.25, -0.2) is 19.0 Å². The molecule has 27 heavy (non-hydrogen) atoms. The molecule has 2 aromatic heterocycles. The Balaban J connectivity index is 2.05. The lowest BCUT2D eigenvalue weighted by molar-refractivity contribution is -0.117. The number of aryl methyl sites for hydroxylation is 1. The third kappa shape index (κ3) is 3.92. The Hall–Kier alpha value is -2.55. The van der Waals surface area contributed by atoms with Crippen LogP contribution in [0.1, 0.15) is 37.1 Å². The Bertz CT molecular complexity index is 957. The molecule has 8 nitrogen and oxygen atoms in total. The van der Waals surface area contributed by atoms with E-state index in [-0.39, 0.29) is 23.2 Å². The first-order valence-electron chi connectivity index (χ1n) is 8.99. The summed E-state index contributed by atoms with van der Waals surface area (Å²) < 4.78 is 20.9. The van der Waals surface area contributed by atoms with Crippen molar-refractivity contribution >= 4 is 27.3 Å². The third-order valence-corrected chi connectivity index (χ3v) is 6.05. The first kappa shape index (κ1) is 19.2. The molecule has 1 unspecified atom stereocenters. The zero-order valence-corrected chi connectivity index (χ0v) is 16.6. The molecule has 1 aliphatic rings. The Morgan fingerprint density at radius 1 is 1.30 bits per heavy atom. The molecule has 1 amide bonds. The van der Waals surface area contributed by atoms with E-state index in [2.05, 4.69) is 20.3 Å². The monoisotopic (exact) mass is 388 g/mol. The molecular weight excluding hydrogens is 364 g/mol. The van der Waals surface area contributed by atoms with Crippen LogP contribution in [-0.4, -0.2) is 37.4 Å². The number of carbonyl (C=O) groups is 1. The molecule has 2 aromatic rings. The van der Waals surface area contributed by atoms with Crippen molar-refractivity contribution in [2.24, 2.45) is 0 Å². The summed E-state index contributed by atoms with van der Waals surface area (Å²) >= 11 is 0. The van der Waals surface area contributed by atoms with Gasteiger partial charge in [0.2, 0.25) is 11.1 Å². The van der Waals surface area contributed by atoms with E-state index in [0.717, 1.165) is 11.3 Å². The molecule has 3 rings (SSSR count). The fourth-order valence-corrected chi connectivity index (χ4v) is 4.21. The zero-order valence-electron chi connectivity index (χ0n) is 15.8. The maximum Gasteiger partial charge on any atom is 0.233 e. The molecule has 0 saturated heterocycles. The maximum atomic E-state index is 12.7. The van der Waals surface area contributed by atoms with Crippen LogP contribution in [-0.2, 0) is 27.5 Å². The van der Waals surface area contributed by atoms with E-state index in [1.165, 1.54) is 0 Å². The predicted octanol–water partition coefficient (Wildman–Crippen LogP) is 2.52. The highest BCUT2D eigenvalue weighted by Crippen LogP contribution is 2.34. The van der Waals surface area contributed by atoms with Crippen LogP contribution in [0, 0.1) is 11.7 Å². The van der Waals surface area contributed by atoms with Crippen molar-refractivity contribution in [2.75, 3.05) is 22.5 Å². The van der Waals surface area contributed by atoms with Gasteiger partial charge in [0.15, 0.2) is 0 Å². The molecule has 0 spiro atoms. The highest BCUT2D eigenvalue weighted by atomic mass is 32.2. The van der Waals surface area contributed by atoms with Crippen LogP contribution in [0.5, 0.6) is 0 Å². The fourth-order valence-electron chi connectivity index (χ4n) is 2.98. The third-order valence-electron chi connectivity index (χ3n) is 4.29. The van der Waals surface area contributed by atoms with Crippen LogP contribution in [0.15, 0.2) is 23.5 Å². The Morgan fingerprint density at radius 3 is 2.70 bits per heavy atom. The predicted molar refractivity (Wildman–Crippen MR) is 104 cm³/mol. The lowest BCUT2D eigenvalue weighted by Crippen LogP contribution is -2.27. The van der Waals surface area contributed by atoms with Crippen molar-refractivity contribution in [2.45, 2.75) is 45.3 Å². The summed E-state index contributed by atoms with van der Waals surface area (Å²) in [6, 6.07) is 3.82. The van der Waals surface area contributed by atoms with Crippen LogP contribution in [0.3, 0.4) is 0 Å². The van der Waals surface area contributed by atoms with Crippen molar-refractivity contribution in [1.82, 2.24) is 15.0 Å². The maximum absolute atomic E-state index is 12.7. The van der Waals surface area contributed by atoms with Crippen LogP contribution >= 0.6 is 0 Å². The van der Waals surface area contributed by atoms with Gasteiger partial charge >= 0.3 is 0 Å². The smallest absolute Gasteiger partial charge is 0.233 e. The summed E-state index contributed by atoms with van der Waals surface area (Å²) in [5, 5.41) is 3.11. The standard InChI is InChI=1S/C18H24N6O2S/c1-4-8-27(19,26)18-22-16(20-5-2)14-9-15(25)24(17(14)23-18)11-13-7-6-12(3)21-10-13/h6-7,10,19H,4-5,8-9,11H2,1-3H3,(H,20,22,23). The van der Waals surface area contributed by atoms with Gasteiger partial charge in [-0.05, 0) is 31.9 Å². The molecule has 0 aromatic carbocycles. The van der Waals surface area contributed by atoms with E-state index < -0.39 is 9.73 Å². The van der Waals surface area contributed by atoms with E-state index >= 15 is 0 Å². The van der Waals surface area contributed by atoms with Crippen molar-refractivity contribution in [3.8, 4) is 0 Å². The second-order valence-corrected chi connectivity index (χ2v) is 8.66. The van der Waals surface area contributed by atoms with Gasteiger partial charge in [0.1, 0.15) is 21.4 Å². The molecule has 0 bridgehead atoms. The normalized spacial score (nSPS) is 15.5. The van der Waals surface area contributed by atoms with Crippen molar-refractivity contribution in [3.63, 3.8) is 0 Å². The average Bonchev–Trinajstić information content (AvgIpc) is 2.93. The van der Waals surface area contributed by atoms with Gasteiger partial charge in [0, 0.05) is 29.8 Å². The van der Waals surface area contributed by atoms with Crippen LogP contribution in [0.2, 0.25) is 0 Å². The van der Waals surface area contributed by atoms with Gasteiger partial charge in [-0.3, -0.25) is 14.7 Å². The highest BCUT2D eigenvalue weighted by molar-refractivity contribution is 7.92. The first-order chi connectivity index (χ1) is 12.9. The largest absolute Gasteiger partial charge is 0.370 e. The van der Waals surface area contributed by atoms with E-state index in [0.29, 0.717) is 36.7 Å². The number of hydrogen-bond donors (Lipinski definition) is 2. The number of pyridine rings is 1. The summed E-state index contributed by atoms with van der Waals surface area (Å²) in [6.07, 6.45) is 2.51. The summed E-state index contributed by atoms with van der Waals surface area (Å²) in [4.78, 5) is 27.2. The van der Waals surface area contributed by atoms with Gasteiger partial charge in [0.25, 0.3) is 0 Å². The zero-order chi connectivity index (χ0) is 19.6. The molecule has 144 valence electrons. The Morgan fingerprint density at radius 2 is 2.07 bits per heavy atom. The van der Waals surface area contributed by atoms with E-state index in [4.69, 9.17) is 4.78 Å². The quantitative estimate of drug-likeness (QED) is 0.705. The van der Waals surface area contributed by atoms with Gasteiger partial charge < -0.3 is 5.32 Å². The van der Waals surface area contributed by atoms with Gasteiger partial charge in [0.05, 0.1) is 13.0 Å².